The quantitative estimate of drug-likeness (QED) is 0.248. The number of nitrogens with one attached hydrogen (secondary N) is 1. The molecule has 2 aromatic heterocycles. The SMILES string of the molecule is c1ccc(-c2cc(-c3ccccc3)cc(-c3cccc4[nH]c5cc6sc7ccccc7c6cc5c34)c2)cc1. The van der Waals surface area contributed by atoms with Crippen LogP contribution in [0.1, 0.15) is 0 Å². The Kier molecular flexibility index (Phi) is 4.76. The molecule has 1 N–H and O–H groups in total. The highest BCUT2D eigenvalue weighted by Gasteiger charge is 2.15. The number of fused-ring (bicyclic) bond motifs is 6. The largest absolute Gasteiger partial charge is 0.354 e. The highest BCUT2D eigenvalue weighted by atomic mass is 32.1. The Hall–Kier alpha value is -4.66. The van der Waals surface area contributed by atoms with Crippen LogP contribution in [-0.2, 0) is 0 Å². The molecular weight excluding hydrogens is 478 g/mol. The second-order valence-electron chi connectivity index (χ2n) is 9.88. The normalized spacial score (nSPS) is 11.7. The minimum absolute atomic E-state index is 1.17. The van der Waals surface area contributed by atoms with E-state index in [0.717, 1.165) is 0 Å². The van der Waals surface area contributed by atoms with Crippen molar-refractivity contribution in [1.29, 1.82) is 0 Å². The van der Waals surface area contributed by atoms with Gasteiger partial charge in [0.05, 0.1) is 0 Å². The van der Waals surface area contributed by atoms with E-state index in [1.54, 1.807) is 0 Å². The first kappa shape index (κ1) is 21.4. The van der Waals surface area contributed by atoms with Gasteiger partial charge in [0, 0.05) is 42.0 Å². The molecule has 0 atom stereocenters. The molecule has 0 aliphatic carbocycles. The van der Waals surface area contributed by atoms with Crippen LogP contribution in [0.5, 0.6) is 0 Å². The molecule has 2 heteroatoms. The van der Waals surface area contributed by atoms with Gasteiger partial charge < -0.3 is 4.98 Å². The van der Waals surface area contributed by atoms with Crippen LogP contribution in [0, 0.1) is 0 Å². The van der Waals surface area contributed by atoms with Crippen LogP contribution in [0.15, 0.2) is 133 Å². The van der Waals surface area contributed by atoms with Crippen LogP contribution in [0.3, 0.4) is 0 Å². The van der Waals surface area contributed by atoms with Gasteiger partial charge in [-0.05, 0) is 75.8 Å². The lowest BCUT2D eigenvalue weighted by molar-refractivity contribution is 1.55. The number of aromatic nitrogens is 1. The Morgan fingerprint density at radius 3 is 1.79 bits per heavy atom. The van der Waals surface area contributed by atoms with Gasteiger partial charge in [0.1, 0.15) is 0 Å². The van der Waals surface area contributed by atoms with Crippen molar-refractivity contribution < 1.29 is 0 Å². The first-order valence-electron chi connectivity index (χ1n) is 12.9. The van der Waals surface area contributed by atoms with E-state index in [2.05, 4.69) is 138 Å². The Labute approximate surface area is 224 Å². The maximum absolute atomic E-state index is 3.72. The van der Waals surface area contributed by atoms with Gasteiger partial charge in [-0.3, -0.25) is 0 Å². The minimum Gasteiger partial charge on any atom is -0.354 e. The number of aromatic amines is 1. The Bertz CT molecular complexity index is 2060. The second-order valence-corrected chi connectivity index (χ2v) is 11.0. The van der Waals surface area contributed by atoms with E-state index >= 15 is 0 Å². The molecule has 0 fully saturated rings. The minimum atomic E-state index is 1.17. The Morgan fingerprint density at radius 2 is 1.05 bits per heavy atom. The van der Waals surface area contributed by atoms with E-state index in [1.807, 2.05) is 11.3 Å². The lowest BCUT2D eigenvalue weighted by Crippen LogP contribution is -1.87. The van der Waals surface area contributed by atoms with E-state index in [9.17, 15) is 0 Å². The number of thiophene rings is 1. The summed E-state index contributed by atoms with van der Waals surface area (Å²) in [5.74, 6) is 0. The molecule has 0 aliphatic heterocycles. The van der Waals surface area contributed by atoms with Crippen molar-refractivity contribution in [1.82, 2.24) is 4.98 Å². The lowest BCUT2D eigenvalue weighted by Gasteiger charge is -2.12. The van der Waals surface area contributed by atoms with Gasteiger partial charge in [-0.25, -0.2) is 0 Å². The third kappa shape index (κ3) is 3.38. The standard InChI is InChI=1S/C36H23NS/c1-3-10-23(11-4-1)25-18-26(24-12-5-2-6-13-24)20-27(19-25)28-15-9-16-32-36(28)31-21-30-29-14-7-8-17-34(29)38-35(30)22-33(31)37-32/h1-22,37H. The molecule has 0 spiro atoms. The zero-order valence-electron chi connectivity index (χ0n) is 20.6. The maximum Gasteiger partial charge on any atom is 0.0479 e. The molecule has 6 aromatic carbocycles. The molecule has 0 aliphatic rings. The third-order valence-corrected chi connectivity index (χ3v) is 8.71. The summed E-state index contributed by atoms with van der Waals surface area (Å²) in [4.78, 5) is 3.72. The lowest BCUT2D eigenvalue weighted by atomic mass is 9.91. The molecular formula is C36H23NS. The van der Waals surface area contributed by atoms with Gasteiger partial charge in [0.2, 0.25) is 0 Å². The Morgan fingerprint density at radius 1 is 0.395 bits per heavy atom. The van der Waals surface area contributed by atoms with E-state index in [1.165, 1.54) is 75.4 Å². The van der Waals surface area contributed by atoms with Crippen LogP contribution >= 0.6 is 11.3 Å². The second kappa shape index (κ2) is 8.44. The van der Waals surface area contributed by atoms with Gasteiger partial charge in [0.15, 0.2) is 0 Å². The van der Waals surface area contributed by atoms with E-state index in [-0.39, 0.29) is 0 Å². The average Bonchev–Trinajstić information content (AvgIpc) is 3.54. The zero-order valence-corrected chi connectivity index (χ0v) is 21.4. The third-order valence-electron chi connectivity index (χ3n) is 7.58. The summed E-state index contributed by atoms with van der Waals surface area (Å²) in [7, 11) is 0. The topological polar surface area (TPSA) is 15.8 Å². The molecule has 0 saturated heterocycles. The summed E-state index contributed by atoms with van der Waals surface area (Å²) in [5, 5.41) is 5.22. The van der Waals surface area contributed by atoms with Gasteiger partial charge in [-0.15, -0.1) is 11.3 Å². The smallest absolute Gasteiger partial charge is 0.0479 e. The molecule has 1 nitrogen and oxygen atoms in total. The number of rotatable bonds is 3. The predicted molar refractivity (Wildman–Crippen MR) is 165 cm³/mol. The molecule has 0 radical (unpaired) electrons. The van der Waals surface area contributed by atoms with E-state index < -0.39 is 0 Å². The van der Waals surface area contributed by atoms with E-state index in [0.29, 0.717) is 0 Å². The van der Waals surface area contributed by atoms with Gasteiger partial charge >= 0.3 is 0 Å². The van der Waals surface area contributed by atoms with Crippen LogP contribution in [-0.4, -0.2) is 4.98 Å². The van der Waals surface area contributed by atoms with Crippen molar-refractivity contribution >= 4 is 53.3 Å². The Balaban J connectivity index is 1.43. The van der Waals surface area contributed by atoms with Crippen molar-refractivity contribution in [3.63, 3.8) is 0 Å². The van der Waals surface area contributed by atoms with Crippen LogP contribution in [0.2, 0.25) is 0 Å². The van der Waals surface area contributed by atoms with Crippen LogP contribution in [0.4, 0.5) is 0 Å². The van der Waals surface area contributed by atoms with Crippen molar-refractivity contribution in [2.45, 2.75) is 0 Å². The average molecular weight is 502 g/mol. The molecule has 0 unspecified atom stereocenters. The zero-order chi connectivity index (χ0) is 25.1. The molecule has 8 rings (SSSR count). The molecule has 2 heterocycles. The summed E-state index contributed by atoms with van der Waals surface area (Å²) < 4.78 is 2.66. The molecule has 178 valence electrons. The molecule has 38 heavy (non-hydrogen) atoms. The van der Waals surface area contributed by atoms with Crippen molar-refractivity contribution in [3.8, 4) is 33.4 Å². The summed E-state index contributed by atoms with van der Waals surface area (Å²) in [6.45, 7) is 0. The number of hydrogen-bond acceptors (Lipinski definition) is 1. The summed E-state index contributed by atoms with van der Waals surface area (Å²) >= 11 is 1.87. The van der Waals surface area contributed by atoms with Gasteiger partial charge in [0.25, 0.3) is 0 Å². The monoisotopic (exact) mass is 501 g/mol. The molecule has 0 amide bonds. The highest BCUT2D eigenvalue weighted by molar-refractivity contribution is 7.25. The first-order chi connectivity index (χ1) is 18.8. The van der Waals surface area contributed by atoms with Crippen LogP contribution < -0.4 is 0 Å². The highest BCUT2D eigenvalue weighted by Crippen LogP contribution is 2.42. The predicted octanol–water partition coefficient (Wildman–Crippen LogP) is 10.7. The fourth-order valence-corrected chi connectivity index (χ4v) is 6.92. The molecule has 8 aromatic rings. The summed E-state index contributed by atoms with van der Waals surface area (Å²) in [6, 6.07) is 48.4. The molecule has 0 saturated carbocycles. The summed E-state index contributed by atoms with van der Waals surface area (Å²) in [5.41, 5.74) is 9.75. The van der Waals surface area contributed by atoms with E-state index in [4.69, 9.17) is 0 Å². The fourth-order valence-electron chi connectivity index (χ4n) is 5.79. The van der Waals surface area contributed by atoms with Gasteiger partial charge in [-0.2, -0.15) is 0 Å². The fraction of sp³-hybridized carbons (Fsp3) is 0. The van der Waals surface area contributed by atoms with Gasteiger partial charge in [-0.1, -0.05) is 91.0 Å². The first-order valence-corrected chi connectivity index (χ1v) is 13.8. The van der Waals surface area contributed by atoms with Crippen LogP contribution in [0.25, 0.3) is 75.4 Å². The number of hydrogen-bond donors (Lipinski definition) is 1. The van der Waals surface area contributed by atoms with Crippen molar-refractivity contribution in [2.24, 2.45) is 0 Å². The molecule has 0 bridgehead atoms. The van der Waals surface area contributed by atoms with Crippen molar-refractivity contribution in [2.75, 3.05) is 0 Å². The summed E-state index contributed by atoms with van der Waals surface area (Å²) in [6.07, 6.45) is 0. The maximum atomic E-state index is 3.72. The number of H-pyrrole nitrogens is 1. The number of benzene rings is 6. The van der Waals surface area contributed by atoms with Crippen molar-refractivity contribution in [3.05, 3.63) is 133 Å².